The van der Waals surface area contributed by atoms with Crippen LogP contribution >= 0.6 is 22.9 Å². The van der Waals surface area contributed by atoms with Gasteiger partial charge in [0.15, 0.2) is 9.84 Å². The van der Waals surface area contributed by atoms with Crippen molar-refractivity contribution in [1.29, 1.82) is 0 Å². The third kappa shape index (κ3) is 4.24. The molecule has 2 aromatic carbocycles. The fourth-order valence-electron chi connectivity index (χ4n) is 2.61. The SMILES string of the molecule is O=C(NC[C@@H](c1cccs1)S(=O)(=O)c1ccc(Cl)cc1)c1c(F)cccc1F. The second-order valence-electron chi connectivity index (χ2n) is 5.81. The number of hydrogen-bond donors (Lipinski definition) is 1. The number of carbonyl (C=O) groups excluding carboxylic acids is 1. The van der Waals surface area contributed by atoms with Gasteiger partial charge in [0.05, 0.1) is 4.90 Å². The van der Waals surface area contributed by atoms with Gasteiger partial charge in [-0.05, 0) is 47.8 Å². The minimum atomic E-state index is -3.89. The molecule has 9 heteroatoms. The van der Waals surface area contributed by atoms with Crippen LogP contribution in [-0.4, -0.2) is 20.9 Å². The number of carbonyl (C=O) groups is 1. The predicted octanol–water partition coefficient (Wildman–Crippen LogP) is 4.62. The highest BCUT2D eigenvalue weighted by Gasteiger charge is 2.31. The van der Waals surface area contributed by atoms with E-state index in [1.54, 1.807) is 17.5 Å². The summed E-state index contributed by atoms with van der Waals surface area (Å²) < 4.78 is 53.8. The van der Waals surface area contributed by atoms with Crippen LogP contribution in [0, 0.1) is 11.6 Å². The molecule has 3 aromatic rings. The molecule has 1 amide bonds. The molecule has 3 rings (SSSR count). The number of thiophene rings is 1. The summed E-state index contributed by atoms with van der Waals surface area (Å²) in [5.41, 5.74) is -0.753. The molecule has 1 atom stereocenters. The summed E-state index contributed by atoms with van der Waals surface area (Å²) >= 11 is 7.03. The lowest BCUT2D eigenvalue weighted by Gasteiger charge is -2.18. The summed E-state index contributed by atoms with van der Waals surface area (Å²) in [7, 11) is -3.89. The standard InChI is InChI=1S/C19H14ClF2NO3S2/c20-12-6-8-13(9-7-12)28(25,26)17(16-5-2-10-27-16)11-23-19(24)18-14(21)3-1-4-15(18)22/h1-10,17H,11H2,(H,23,24)/t17-/m0/s1. The molecule has 0 saturated carbocycles. The van der Waals surface area contributed by atoms with Crippen LogP contribution in [0.1, 0.15) is 20.5 Å². The molecule has 0 fully saturated rings. The lowest BCUT2D eigenvalue weighted by Crippen LogP contribution is -2.32. The van der Waals surface area contributed by atoms with E-state index in [1.807, 2.05) is 0 Å². The maximum Gasteiger partial charge on any atom is 0.257 e. The Kier molecular flexibility index (Phi) is 6.12. The van der Waals surface area contributed by atoms with Gasteiger partial charge >= 0.3 is 0 Å². The van der Waals surface area contributed by atoms with Gasteiger partial charge < -0.3 is 5.32 Å². The summed E-state index contributed by atoms with van der Waals surface area (Å²) in [6.45, 7) is -0.349. The van der Waals surface area contributed by atoms with Crippen molar-refractivity contribution in [2.75, 3.05) is 6.54 Å². The summed E-state index contributed by atoms with van der Waals surface area (Å²) in [5, 5.41) is 3.31. The van der Waals surface area contributed by atoms with Gasteiger partial charge in [-0.2, -0.15) is 0 Å². The van der Waals surface area contributed by atoms with E-state index in [0.717, 1.165) is 18.2 Å². The Morgan fingerprint density at radius 1 is 1.04 bits per heavy atom. The van der Waals surface area contributed by atoms with Gasteiger partial charge in [0.1, 0.15) is 22.4 Å². The average Bonchev–Trinajstić information content (AvgIpc) is 3.16. The smallest absolute Gasteiger partial charge is 0.257 e. The van der Waals surface area contributed by atoms with Crippen LogP contribution in [-0.2, 0) is 9.84 Å². The van der Waals surface area contributed by atoms with Gasteiger partial charge in [-0.15, -0.1) is 11.3 Å². The van der Waals surface area contributed by atoms with Gasteiger partial charge in [0.2, 0.25) is 0 Å². The Hall–Kier alpha value is -2.29. The largest absolute Gasteiger partial charge is 0.350 e. The first-order chi connectivity index (χ1) is 13.3. The van der Waals surface area contributed by atoms with E-state index in [9.17, 15) is 22.0 Å². The number of hydrogen-bond acceptors (Lipinski definition) is 4. The summed E-state index contributed by atoms with van der Waals surface area (Å²) in [4.78, 5) is 12.8. The fourth-order valence-corrected chi connectivity index (χ4v) is 5.53. The molecule has 0 aliphatic carbocycles. The molecule has 1 N–H and O–H groups in total. The lowest BCUT2D eigenvalue weighted by atomic mass is 10.2. The van der Waals surface area contributed by atoms with Crippen molar-refractivity contribution in [3.63, 3.8) is 0 Å². The fraction of sp³-hybridized carbons (Fsp3) is 0.105. The van der Waals surface area contributed by atoms with Crippen LogP contribution in [0.2, 0.25) is 5.02 Å². The summed E-state index contributed by atoms with van der Waals surface area (Å²) in [6.07, 6.45) is 0. The second-order valence-corrected chi connectivity index (χ2v) is 9.36. The van der Waals surface area contributed by atoms with Crippen molar-refractivity contribution >= 4 is 38.7 Å². The van der Waals surface area contributed by atoms with Crippen LogP contribution in [0.5, 0.6) is 0 Å². The van der Waals surface area contributed by atoms with Gasteiger partial charge in [-0.1, -0.05) is 23.7 Å². The van der Waals surface area contributed by atoms with Gasteiger partial charge in [-0.25, -0.2) is 17.2 Å². The first kappa shape index (κ1) is 20.4. The van der Waals surface area contributed by atoms with Crippen LogP contribution < -0.4 is 5.32 Å². The molecular formula is C19H14ClF2NO3S2. The zero-order chi connectivity index (χ0) is 20.3. The number of amides is 1. The maximum atomic E-state index is 13.8. The normalized spacial score (nSPS) is 12.5. The molecule has 0 aliphatic rings. The van der Waals surface area contributed by atoms with Crippen LogP contribution in [0.4, 0.5) is 8.78 Å². The summed E-state index contributed by atoms with van der Waals surface area (Å²) in [6, 6.07) is 12.0. The molecule has 0 spiro atoms. The van der Waals surface area contributed by atoms with Crippen LogP contribution in [0.15, 0.2) is 64.9 Å². The molecule has 0 saturated heterocycles. The number of halogens is 3. The van der Waals surface area contributed by atoms with Crippen LogP contribution in [0.3, 0.4) is 0 Å². The van der Waals surface area contributed by atoms with Gasteiger partial charge in [-0.3, -0.25) is 4.79 Å². The van der Waals surface area contributed by atoms with E-state index in [-0.39, 0.29) is 11.4 Å². The highest BCUT2D eigenvalue weighted by Crippen LogP contribution is 2.32. The van der Waals surface area contributed by atoms with Crippen molar-refractivity contribution in [3.8, 4) is 0 Å². The minimum absolute atomic E-state index is 0.0293. The molecule has 1 heterocycles. The molecule has 0 bridgehead atoms. The van der Waals surface area contributed by atoms with Crippen molar-refractivity contribution in [3.05, 3.63) is 87.1 Å². The monoisotopic (exact) mass is 441 g/mol. The first-order valence-electron chi connectivity index (χ1n) is 8.06. The molecule has 0 unspecified atom stereocenters. The highest BCUT2D eigenvalue weighted by molar-refractivity contribution is 7.91. The lowest BCUT2D eigenvalue weighted by molar-refractivity contribution is 0.0945. The van der Waals surface area contributed by atoms with Crippen LogP contribution in [0.25, 0.3) is 0 Å². The Morgan fingerprint density at radius 3 is 2.25 bits per heavy atom. The number of rotatable bonds is 6. The third-order valence-corrected chi connectivity index (χ3v) is 7.50. The van der Waals surface area contributed by atoms with E-state index in [4.69, 9.17) is 11.6 Å². The molecule has 146 valence electrons. The Bertz CT molecular complexity index is 1060. The number of nitrogens with one attached hydrogen (secondary N) is 1. The van der Waals surface area contributed by atoms with Crippen molar-refractivity contribution in [2.24, 2.45) is 0 Å². The van der Waals surface area contributed by atoms with Crippen molar-refractivity contribution < 1.29 is 22.0 Å². The Labute approximate surface area is 169 Å². The number of sulfone groups is 1. The van der Waals surface area contributed by atoms with E-state index in [1.165, 1.54) is 35.6 Å². The second kappa shape index (κ2) is 8.38. The molecular weight excluding hydrogens is 428 g/mol. The molecule has 0 aliphatic heterocycles. The maximum absolute atomic E-state index is 13.8. The zero-order valence-electron chi connectivity index (χ0n) is 14.2. The molecule has 28 heavy (non-hydrogen) atoms. The Morgan fingerprint density at radius 2 is 1.68 bits per heavy atom. The van der Waals surface area contributed by atoms with Gasteiger partial charge in [0, 0.05) is 16.4 Å². The van der Waals surface area contributed by atoms with E-state index >= 15 is 0 Å². The zero-order valence-corrected chi connectivity index (χ0v) is 16.6. The molecule has 4 nitrogen and oxygen atoms in total. The summed E-state index contributed by atoms with van der Waals surface area (Å²) in [5.74, 6) is -3.07. The van der Waals surface area contributed by atoms with E-state index < -0.39 is 38.2 Å². The third-order valence-electron chi connectivity index (χ3n) is 4.02. The quantitative estimate of drug-likeness (QED) is 0.606. The average molecular weight is 442 g/mol. The molecule has 1 aromatic heterocycles. The highest BCUT2D eigenvalue weighted by atomic mass is 35.5. The Balaban J connectivity index is 1.90. The van der Waals surface area contributed by atoms with E-state index in [2.05, 4.69) is 5.32 Å². The minimum Gasteiger partial charge on any atom is -0.350 e. The predicted molar refractivity (Wildman–Crippen MR) is 104 cm³/mol. The number of benzene rings is 2. The van der Waals surface area contributed by atoms with Crippen molar-refractivity contribution in [2.45, 2.75) is 10.1 Å². The first-order valence-corrected chi connectivity index (χ1v) is 10.9. The van der Waals surface area contributed by atoms with E-state index in [0.29, 0.717) is 9.90 Å². The van der Waals surface area contributed by atoms with Crippen molar-refractivity contribution in [1.82, 2.24) is 5.32 Å². The van der Waals surface area contributed by atoms with Gasteiger partial charge in [0.25, 0.3) is 5.91 Å². The molecule has 0 radical (unpaired) electrons. The topological polar surface area (TPSA) is 63.2 Å².